The van der Waals surface area contributed by atoms with E-state index in [1.165, 1.54) is 12.1 Å². The number of rotatable bonds is 5. The predicted octanol–water partition coefficient (Wildman–Crippen LogP) is 4.37. The summed E-state index contributed by atoms with van der Waals surface area (Å²) in [6, 6.07) is 15.3. The number of allylic oxidation sites excluding steroid dienone is 1. The molecule has 0 bridgehead atoms. The highest BCUT2D eigenvalue weighted by Crippen LogP contribution is 2.32. The molecule has 0 aromatic heterocycles. The molecule has 1 aliphatic heterocycles. The van der Waals surface area contributed by atoms with Gasteiger partial charge in [-0.2, -0.15) is 5.26 Å². The van der Waals surface area contributed by atoms with Gasteiger partial charge in [-0.3, -0.25) is 14.9 Å². The maximum atomic E-state index is 12.5. The minimum absolute atomic E-state index is 0.00454. The average Bonchev–Trinajstić information content (AvgIpc) is 2.72. The van der Waals surface area contributed by atoms with E-state index in [9.17, 15) is 20.2 Å². The van der Waals surface area contributed by atoms with Gasteiger partial charge >= 0.3 is 0 Å². The first-order valence-electron chi connectivity index (χ1n) is 8.85. The van der Waals surface area contributed by atoms with E-state index in [4.69, 9.17) is 0 Å². The van der Waals surface area contributed by atoms with Crippen molar-refractivity contribution in [3.8, 4) is 6.07 Å². The summed E-state index contributed by atoms with van der Waals surface area (Å²) in [5, 5.41) is 20.9. The number of carbonyl (C=O) groups excluding carboxylic acids is 1. The molecule has 1 aliphatic rings. The van der Waals surface area contributed by atoms with Crippen LogP contribution in [0.15, 0.2) is 54.1 Å². The number of nitriles is 1. The molecule has 2 aromatic carbocycles. The van der Waals surface area contributed by atoms with Crippen LogP contribution in [0.3, 0.4) is 0 Å². The smallest absolute Gasteiger partial charge is 0.293 e. The molecular weight excluding hydrogens is 342 g/mol. The molecule has 0 saturated carbocycles. The van der Waals surface area contributed by atoms with Crippen LogP contribution < -0.4 is 4.90 Å². The van der Waals surface area contributed by atoms with Crippen molar-refractivity contribution < 1.29 is 9.72 Å². The third-order valence-electron chi connectivity index (χ3n) is 4.60. The highest BCUT2D eigenvalue weighted by atomic mass is 16.6. The van der Waals surface area contributed by atoms with Crippen LogP contribution in [0, 0.1) is 21.4 Å². The van der Waals surface area contributed by atoms with E-state index in [1.807, 2.05) is 11.0 Å². The van der Waals surface area contributed by atoms with Crippen LogP contribution in [0.4, 0.5) is 11.4 Å². The second kappa shape index (κ2) is 8.28. The largest absolute Gasteiger partial charge is 0.366 e. The standard InChI is InChI=1S/C21H19N3O3/c22-15-18(21(25)17-7-3-1-4-8-17)13-16-9-10-19(20(14-16)24(26)27)23-11-5-2-6-12-23/h1,3-4,7-10,13-14H,2,5-6,11-12H2. The van der Waals surface area contributed by atoms with Crippen molar-refractivity contribution in [2.45, 2.75) is 19.3 Å². The number of hydrogen-bond donors (Lipinski definition) is 0. The van der Waals surface area contributed by atoms with Crippen molar-refractivity contribution in [3.05, 3.63) is 75.3 Å². The van der Waals surface area contributed by atoms with Gasteiger partial charge in [0.2, 0.25) is 5.78 Å². The van der Waals surface area contributed by atoms with Crippen molar-refractivity contribution in [3.63, 3.8) is 0 Å². The van der Waals surface area contributed by atoms with Crippen molar-refractivity contribution in [2.75, 3.05) is 18.0 Å². The minimum atomic E-state index is -0.410. The molecule has 6 nitrogen and oxygen atoms in total. The normalized spacial score (nSPS) is 14.5. The fraction of sp³-hybridized carbons (Fsp3) is 0.238. The number of benzene rings is 2. The topological polar surface area (TPSA) is 87.2 Å². The number of piperidine rings is 1. The fourth-order valence-electron chi connectivity index (χ4n) is 3.24. The van der Waals surface area contributed by atoms with Crippen LogP contribution in [0.1, 0.15) is 35.2 Å². The van der Waals surface area contributed by atoms with E-state index in [-0.39, 0.29) is 11.3 Å². The molecule has 6 heteroatoms. The van der Waals surface area contributed by atoms with Crippen LogP contribution >= 0.6 is 0 Å². The Kier molecular flexibility index (Phi) is 5.62. The molecule has 0 spiro atoms. The zero-order valence-corrected chi connectivity index (χ0v) is 14.8. The number of carbonyl (C=O) groups is 1. The summed E-state index contributed by atoms with van der Waals surface area (Å²) in [6.45, 7) is 1.60. The number of Topliss-reactive ketones (excluding diaryl/α,β-unsaturated/α-hetero) is 1. The van der Waals surface area contributed by atoms with Gasteiger partial charge in [0.1, 0.15) is 17.3 Å². The average molecular weight is 361 g/mol. The Morgan fingerprint density at radius 2 is 1.81 bits per heavy atom. The summed E-state index contributed by atoms with van der Waals surface area (Å²) >= 11 is 0. The maximum absolute atomic E-state index is 12.5. The molecule has 1 fully saturated rings. The lowest BCUT2D eigenvalue weighted by atomic mass is 10.0. The zero-order valence-electron chi connectivity index (χ0n) is 14.8. The molecule has 1 saturated heterocycles. The van der Waals surface area contributed by atoms with E-state index >= 15 is 0 Å². The molecule has 0 N–H and O–H groups in total. The first-order chi connectivity index (χ1) is 13.1. The van der Waals surface area contributed by atoms with Crippen LogP contribution in [0.25, 0.3) is 6.08 Å². The van der Waals surface area contributed by atoms with Gasteiger partial charge in [-0.25, -0.2) is 0 Å². The minimum Gasteiger partial charge on any atom is -0.366 e. The molecule has 0 atom stereocenters. The van der Waals surface area contributed by atoms with Crippen molar-refractivity contribution in [1.82, 2.24) is 0 Å². The molecule has 27 heavy (non-hydrogen) atoms. The Hall–Kier alpha value is -3.46. The van der Waals surface area contributed by atoms with E-state index in [1.54, 1.807) is 42.5 Å². The number of nitro benzene ring substituents is 1. The molecule has 0 unspecified atom stereocenters. The monoisotopic (exact) mass is 361 g/mol. The first kappa shape index (κ1) is 18.3. The molecule has 0 amide bonds. The first-order valence-corrected chi connectivity index (χ1v) is 8.85. The zero-order chi connectivity index (χ0) is 19.2. The number of hydrogen-bond acceptors (Lipinski definition) is 5. The van der Waals surface area contributed by atoms with E-state index < -0.39 is 10.7 Å². The summed E-state index contributed by atoms with van der Waals surface area (Å²) in [5.41, 5.74) is 1.40. The highest BCUT2D eigenvalue weighted by molar-refractivity contribution is 6.14. The molecule has 1 heterocycles. The van der Waals surface area contributed by atoms with E-state index in [0.29, 0.717) is 16.8 Å². The van der Waals surface area contributed by atoms with Crippen molar-refractivity contribution >= 4 is 23.2 Å². The summed E-state index contributed by atoms with van der Waals surface area (Å²) in [6.07, 6.45) is 4.58. The molecular formula is C21H19N3O3. The Bertz CT molecular complexity index is 923. The number of nitro groups is 1. The van der Waals surface area contributed by atoms with Gasteiger partial charge in [0.05, 0.1) is 4.92 Å². The van der Waals surface area contributed by atoms with Gasteiger partial charge < -0.3 is 4.90 Å². The number of nitrogens with zero attached hydrogens (tertiary/aromatic N) is 3. The van der Waals surface area contributed by atoms with Crippen molar-refractivity contribution in [1.29, 1.82) is 5.26 Å². The molecule has 3 rings (SSSR count). The predicted molar refractivity (Wildman–Crippen MR) is 104 cm³/mol. The Balaban J connectivity index is 1.95. The third kappa shape index (κ3) is 4.21. The van der Waals surface area contributed by atoms with Gasteiger partial charge in [0.15, 0.2) is 0 Å². The lowest BCUT2D eigenvalue weighted by molar-refractivity contribution is -0.384. The number of ketones is 1. The SMILES string of the molecule is N#CC(=Cc1ccc(N2CCCCC2)c([N+](=O)[O-])c1)C(=O)c1ccccc1. The molecule has 2 aromatic rings. The van der Waals surface area contributed by atoms with Gasteiger partial charge in [-0.1, -0.05) is 36.4 Å². The van der Waals surface area contributed by atoms with Gasteiger partial charge in [0, 0.05) is 24.7 Å². The molecule has 136 valence electrons. The Labute approximate surface area is 157 Å². The summed E-state index contributed by atoms with van der Waals surface area (Å²) in [5.74, 6) is -0.402. The fourth-order valence-corrected chi connectivity index (χ4v) is 3.24. The highest BCUT2D eigenvalue weighted by Gasteiger charge is 2.22. The maximum Gasteiger partial charge on any atom is 0.293 e. The van der Waals surface area contributed by atoms with Gasteiger partial charge in [-0.15, -0.1) is 0 Å². The summed E-state index contributed by atoms with van der Waals surface area (Å²) in [4.78, 5) is 25.6. The third-order valence-corrected chi connectivity index (χ3v) is 4.60. The second-order valence-corrected chi connectivity index (χ2v) is 6.42. The second-order valence-electron chi connectivity index (χ2n) is 6.42. The van der Waals surface area contributed by atoms with Crippen LogP contribution in [0.2, 0.25) is 0 Å². The summed E-state index contributed by atoms with van der Waals surface area (Å²) in [7, 11) is 0. The lowest BCUT2D eigenvalue weighted by Crippen LogP contribution is -2.29. The van der Waals surface area contributed by atoms with Gasteiger partial charge in [-0.05, 0) is 37.0 Å². The van der Waals surface area contributed by atoms with Crippen LogP contribution in [0.5, 0.6) is 0 Å². The lowest BCUT2D eigenvalue weighted by Gasteiger charge is -2.28. The Morgan fingerprint density at radius 3 is 2.44 bits per heavy atom. The summed E-state index contributed by atoms with van der Waals surface area (Å²) < 4.78 is 0. The van der Waals surface area contributed by atoms with Gasteiger partial charge in [0.25, 0.3) is 5.69 Å². The molecule has 0 aliphatic carbocycles. The quantitative estimate of drug-likeness (QED) is 0.259. The Morgan fingerprint density at radius 1 is 1.11 bits per heavy atom. The van der Waals surface area contributed by atoms with E-state index in [0.717, 1.165) is 32.4 Å². The number of anilines is 1. The van der Waals surface area contributed by atoms with E-state index in [2.05, 4.69) is 0 Å². The van der Waals surface area contributed by atoms with Crippen molar-refractivity contribution in [2.24, 2.45) is 0 Å². The van der Waals surface area contributed by atoms with Crippen LogP contribution in [-0.2, 0) is 0 Å². The molecule has 0 radical (unpaired) electrons. The van der Waals surface area contributed by atoms with Crippen LogP contribution in [-0.4, -0.2) is 23.8 Å².